The van der Waals surface area contributed by atoms with Gasteiger partial charge in [-0.3, -0.25) is 4.79 Å². The van der Waals surface area contributed by atoms with E-state index in [0.717, 1.165) is 0 Å². The van der Waals surface area contributed by atoms with Gasteiger partial charge >= 0.3 is 5.97 Å². The molecule has 0 bridgehead atoms. The van der Waals surface area contributed by atoms with Gasteiger partial charge in [0.05, 0.1) is 6.61 Å². The first kappa shape index (κ1) is 8.99. The van der Waals surface area contributed by atoms with E-state index in [9.17, 15) is 4.79 Å². The lowest BCUT2D eigenvalue weighted by Crippen LogP contribution is -2.13. The summed E-state index contributed by atoms with van der Waals surface area (Å²) in [7, 11) is 0.656. The minimum absolute atomic E-state index is 0.153. The summed E-state index contributed by atoms with van der Waals surface area (Å²) in [5, 5.41) is 0. The third-order valence-corrected chi connectivity index (χ3v) is 2.26. The number of ether oxygens (including phenoxy) is 1. The fourth-order valence-corrected chi connectivity index (χ4v) is 0.725. The highest BCUT2D eigenvalue weighted by Crippen LogP contribution is 2.06. The number of carbonyl (C=O) groups is 1. The average molecular weight is 164 g/mol. The Kier molecular flexibility index (Phi) is 4.83. The van der Waals surface area contributed by atoms with Crippen LogP contribution in [0.2, 0.25) is 0 Å². The zero-order chi connectivity index (χ0) is 7.28. The number of hydrogen-bond donors (Lipinski definition) is 0. The van der Waals surface area contributed by atoms with E-state index in [-0.39, 0.29) is 11.6 Å². The van der Waals surface area contributed by atoms with Crippen LogP contribution in [0.15, 0.2) is 0 Å². The molecule has 2 nitrogen and oxygen atoms in total. The standard InChI is InChI=1S/C5H9O2PS/c1-3-7-5(6)4(2)8-9/h4H,3H2,1-2H3. The van der Waals surface area contributed by atoms with E-state index in [4.69, 9.17) is 0 Å². The van der Waals surface area contributed by atoms with Crippen molar-refractivity contribution in [2.75, 3.05) is 6.61 Å². The Bertz CT molecular complexity index is 116. The van der Waals surface area contributed by atoms with Gasteiger partial charge in [0.15, 0.2) is 0 Å². The molecule has 9 heavy (non-hydrogen) atoms. The van der Waals surface area contributed by atoms with Crippen molar-refractivity contribution in [1.29, 1.82) is 0 Å². The van der Waals surface area contributed by atoms with Crippen molar-refractivity contribution in [2.45, 2.75) is 19.5 Å². The highest BCUT2D eigenvalue weighted by atomic mass is 32.4. The molecule has 0 rings (SSSR count). The normalized spacial score (nSPS) is 13.1. The first-order valence-corrected chi connectivity index (χ1v) is 4.69. The van der Waals surface area contributed by atoms with Gasteiger partial charge in [-0.25, -0.2) is 0 Å². The number of rotatable bonds is 3. The van der Waals surface area contributed by atoms with Gasteiger partial charge in [-0.15, -0.1) is 0 Å². The molecular weight excluding hydrogens is 155 g/mol. The molecule has 0 aliphatic carbocycles. The summed E-state index contributed by atoms with van der Waals surface area (Å²) in [6.07, 6.45) is 0. The van der Waals surface area contributed by atoms with Crippen molar-refractivity contribution in [2.24, 2.45) is 0 Å². The van der Waals surface area contributed by atoms with Crippen LogP contribution < -0.4 is 0 Å². The topological polar surface area (TPSA) is 26.3 Å². The smallest absolute Gasteiger partial charge is 0.317 e. The van der Waals surface area contributed by atoms with Crippen molar-refractivity contribution in [3.8, 4) is 0 Å². The average Bonchev–Trinajstić information content (AvgIpc) is 1.87. The highest BCUT2D eigenvalue weighted by molar-refractivity contribution is 7.97. The maximum Gasteiger partial charge on any atom is 0.317 e. The quantitative estimate of drug-likeness (QED) is 0.465. The summed E-state index contributed by atoms with van der Waals surface area (Å²) in [5.41, 5.74) is -0.153. The first-order valence-electron chi connectivity index (χ1n) is 2.71. The third-order valence-electron chi connectivity index (χ3n) is 0.786. The predicted molar refractivity (Wildman–Crippen MR) is 40.4 cm³/mol. The van der Waals surface area contributed by atoms with Crippen LogP contribution in [0.5, 0.6) is 0 Å². The Morgan fingerprint density at radius 2 is 2.44 bits per heavy atom. The molecule has 0 aliphatic rings. The molecular formula is C5H9O2PS. The fourth-order valence-electron chi connectivity index (χ4n) is 0.306. The van der Waals surface area contributed by atoms with Gasteiger partial charge in [0.2, 0.25) is 0 Å². The van der Waals surface area contributed by atoms with Crippen molar-refractivity contribution in [3.05, 3.63) is 0 Å². The minimum atomic E-state index is -0.200. The number of carbonyl (C=O) groups excluding carboxylic acids is 1. The van der Waals surface area contributed by atoms with Crippen LogP contribution in [0.3, 0.4) is 0 Å². The Balaban J connectivity index is 3.58. The largest absolute Gasteiger partial charge is 0.465 e. The number of esters is 1. The van der Waals surface area contributed by atoms with E-state index in [1.807, 2.05) is 0 Å². The summed E-state index contributed by atoms with van der Waals surface area (Å²) in [4.78, 5) is 10.7. The lowest BCUT2D eigenvalue weighted by Gasteiger charge is -2.01. The van der Waals surface area contributed by atoms with E-state index in [2.05, 4.69) is 16.5 Å². The second-order valence-corrected chi connectivity index (χ2v) is 3.15. The molecule has 0 aromatic heterocycles. The summed E-state index contributed by atoms with van der Waals surface area (Å²) in [6, 6.07) is 0. The second-order valence-electron chi connectivity index (χ2n) is 1.53. The Labute approximate surface area is 61.4 Å². The van der Waals surface area contributed by atoms with Crippen LogP contribution in [-0.4, -0.2) is 18.2 Å². The van der Waals surface area contributed by atoms with E-state index < -0.39 is 0 Å². The first-order chi connectivity index (χ1) is 4.22. The van der Waals surface area contributed by atoms with Gasteiger partial charge in [-0.1, -0.05) is 11.8 Å². The minimum Gasteiger partial charge on any atom is -0.465 e. The molecule has 0 fully saturated rings. The number of hydrogen-bond acceptors (Lipinski definition) is 3. The molecule has 0 spiro atoms. The van der Waals surface area contributed by atoms with Gasteiger partial charge in [-0.05, 0) is 21.2 Å². The fraction of sp³-hybridized carbons (Fsp3) is 0.800. The van der Waals surface area contributed by atoms with Crippen LogP contribution in [0.4, 0.5) is 0 Å². The van der Waals surface area contributed by atoms with Crippen LogP contribution in [0.25, 0.3) is 0 Å². The molecule has 0 radical (unpaired) electrons. The van der Waals surface area contributed by atoms with Crippen LogP contribution in [0, 0.1) is 0 Å². The summed E-state index contributed by atoms with van der Waals surface area (Å²) in [6.45, 7) is 3.98. The maximum absolute atomic E-state index is 10.7. The van der Waals surface area contributed by atoms with Gasteiger partial charge < -0.3 is 4.74 Å². The highest BCUT2D eigenvalue weighted by Gasteiger charge is 2.09. The maximum atomic E-state index is 10.7. The van der Waals surface area contributed by atoms with Crippen LogP contribution in [-0.2, 0) is 21.3 Å². The third kappa shape index (κ3) is 3.55. The van der Waals surface area contributed by atoms with Crippen LogP contribution >= 0.6 is 7.36 Å². The molecule has 0 N–H and O–H groups in total. The van der Waals surface area contributed by atoms with Gasteiger partial charge in [0.25, 0.3) is 0 Å². The Morgan fingerprint density at radius 1 is 1.89 bits per heavy atom. The van der Waals surface area contributed by atoms with Gasteiger partial charge in [0, 0.05) is 0 Å². The Morgan fingerprint density at radius 3 is 2.78 bits per heavy atom. The van der Waals surface area contributed by atoms with Gasteiger partial charge in [-0.2, -0.15) is 0 Å². The SMILES string of the molecule is CCOC(=O)C(C)P=S. The zero-order valence-electron chi connectivity index (χ0n) is 5.46. The summed E-state index contributed by atoms with van der Waals surface area (Å²) in [5.74, 6) is -0.200. The molecule has 52 valence electrons. The molecule has 1 atom stereocenters. The predicted octanol–water partition coefficient (Wildman–Crippen LogP) is 1.35. The monoisotopic (exact) mass is 164 g/mol. The van der Waals surface area contributed by atoms with Crippen LogP contribution in [0.1, 0.15) is 13.8 Å². The molecule has 1 unspecified atom stereocenters. The summed E-state index contributed by atoms with van der Waals surface area (Å²) < 4.78 is 4.68. The zero-order valence-corrected chi connectivity index (χ0v) is 7.17. The molecule has 4 heteroatoms. The Hall–Kier alpha value is -0.0100. The molecule has 0 aliphatic heterocycles. The molecule has 0 saturated carbocycles. The van der Waals surface area contributed by atoms with Crippen molar-refractivity contribution in [3.63, 3.8) is 0 Å². The molecule has 0 saturated heterocycles. The van der Waals surface area contributed by atoms with E-state index in [1.54, 1.807) is 13.8 Å². The van der Waals surface area contributed by atoms with Crippen molar-refractivity contribution < 1.29 is 9.53 Å². The molecule has 0 amide bonds. The second kappa shape index (κ2) is 4.83. The molecule has 0 aromatic carbocycles. The molecule has 0 heterocycles. The van der Waals surface area contributed by atoms with Crippen molar-refractivity contribution in [1.82, 2.24) is 0 Å². The molecule has 0 aromatic rings. The summed E-state index contributed by atoms with van der Waals surface area (Å²) >= 11 is 4.64. The van der Waals surface area contributed by atoms with E-state index in [0.29, 0.717) is 14.0 Å². The van der Waals surface area contributed by atoms with E-state index in [1.165, 1.54) is 0 Å². The lowest BCUT2D eigenvalue weighted by molar-refractivity contribution is -0.142. The van der Waals surface area contributed by atoms with E-state index >= 15 is 0 Å². The van der Waals surface area contributed by atoms with Crippen molar-refractivity contribution >= 4 is 25.1 Å². The lowest BCUT2D eigenvalue weighted by atomic mass is 10.5. The van der Waals surface area contributed by atoms with Gasteiger partial charge in [0.1, 0.15) is 5.66 Å².